The Bertz CT molecular complexity index is 550. The summed E-state index contributed by atoms with van der Waals surface area (Å²) in [6, 6.07) is 0. The molecule has 0 unspecified atom stereocenters. The maximum absolute atomic E-state index is 12.3. The molecule has 2 heterocycles. The maximum atomic E-state index is 12.3. The van der Waals surface area contributed by atoms with E-state index < -0.39 is 11.2 Å². The number of carbonyl (C=O) groups excluding carboxylic acids is 1. The van der Waals surface area contributed by atoms with E-state index in [1.54, 1.807) is 22.7 Å². The van der Waals surface area contributed by atoms with E-state index in [1.807, 2.05) is 18.9 Å². The molecule has 0 saturated heterocycles. The quantitative estimate of drug-likeness (QED) is 0.832. The number of aromatic hydroxyl groups is 1. The average Bonchev–Trinajstić information content (AvgIpc) is 2.35. The van der Waals surface area contributed by atoms with Crippen LogP contribution in [0.1, 0.15) is 29.9 Å². The van der Waals surface area contributed by atoms with Crippen LogP contribution in [0.25, 0.3) is 0 Å². The van der Waals surface area contributed by atoms with Crippen LogP contribution in [0, 0.1) is 6.92 Å². The van der Waals surface area contributed by atoms with E-state index in [0.29, 0.717) is 25.3 Å². The van der Waals surface area contributed by atoms with Gasteiger partial charge in [-0.15, -0.1) is 0 Å². The summed E-state index contributed by atoms with van der Waals surface area (Å²) in [5, 5.41) is 13.3. The number of hydrazine groups is 1. The first kappa shape index (κ1) is 12.6. The SMILES string of the molecule is CCN1Cn2cc(C)c(=O)c(O)c2C(=O)N1CC. The maximum Gasteiger partial charge on any atom is 0.288 e. The number of rotatable bonds is 2. The van der Waals surface area contributed by atoms with Crippen LogP contribution in [0.2, 0.25) is 0 Å². The van der Waals surface area contributed by atoms with Crippen LogP contribution in [-0.2, 0) is 6.67 Å². The second-order valence-electron chi connectivity index (χ2n) is 4.29. The number of hydrogen-bond acceptors (Lipinski definition) is 4. The summed E-state index contributed by atoms with van der Waals surface area (Å²) in [4.78, 5) is 24.0. The fourth-order valence-corrected chi connectivity index (χ4v) is 2.24. The fraction of sp³-hybridized carbons (Fsp3) is 0.500. The molecular weight excluding hydrogens is 234 g/mol. The lowest BCUT2D eigenvalue weighted by Gasteiger charge is -2.39. The van der Waals surface area contributed by atoms with E-state index in [0.717, 1.165) is 0 Å². The Hall–Kier alpha value is -1.82. The molecule has 18 heavy (non-hydrogen) atoms. The van der Waals surface area contributed by atoms with E-state index in [-0.39, 0.29) is 11.6 Å². The van der Waals surface area contributed by atoms with Gasteiger partial charge in [-0.1, -0.05) is 6.92 Å². The molecule has 6 nitrogen and oxygen atoms in total. The van der Waals surface area contributed by atoms with Gasteiger partial charge in [0, 0.05) is 24.8 Å². The molecule has 1 aromatic rings. The molecule has 0 spiro atoms. The largest absolute Gasteiger partial charge is 0.503 e. The van der Waals surface area contributed by atoms with E-state index in [9.17, 15) is 14.7 Å². The zero-order valence-corrected chi connectivity index (χ0v) is 10.8. The lowest BCUT2D eigenvalue weighted by molar-refractivity contribution is -0.0379. The van der Waals surface area contributed by atoms with Gasteiger partial charge in [0.05, 0.1) is 6.67 Å². The second-order valence-corrected chi connectivity index (χ2v) is 4.29. The van der Waals surface area contributed by atoms with Gasteiger partial charge in [0.25, 0.3) is 5.91 Å². The monoisotopic (exact) mass is 251 g/mol. The Morgan fingerprint density at radius 2 is 1.94 bits per heavy atom. The van der Waals surface area contributed by atoms with Gasteiger partial charge in [0.2, 0.25) is 5.43 Å². The van der Waals surface area contributed by atoms with Crippen molar-refractivity contribution in [3.8, 4) is 5.75 Å². The van der Waals surface area contributed by atoms with Gasteiger partial charge in [0.15, 0.2) is 11.4 Å². The minimum atomic E-state index is -0.476. The molecule has 1 amide bonds. The molecule has 1 aromatic heterocycles. The zero-order valence-electron chi connectivity index (χ0n) is 10.8. The molecule has 0 saturated carbocycles. The summed E-state index contributed by atoms with van der Waals surface area (Å²) in [5.41, 5.74) is 0.0396. The summed E-state index contributed by atoms with van der Waals surface area (Å²) < 4.78 is 1.63. The van der Waals surface area contributed by atoms with E-state index in [2.05, 4.69) is 0 Å². The molecule has 0 fully saturated rings. The average molecular weight is 251 g/mol. The summed E-state index contributed by atoms with van der Waals surface area (Å²) in [7, 11) is 0. The van der Waals surface area contributed by atoms with Crippen molar-refractivity contribution in [2.24, 2.45) is 0 Å². The number of pyridine rings is 1. The highest BCUT2D eigenvalue weighted by Crippen LogP contribution is 2.22. The molecule has 0 atom stereocenters. The van der Waals surface area contributed by atoms with Gasteiger partial charge in [-0.25, -0.2) is 0 Å². The minimum absolute atomic E-state index is 0.0807. The Labute approximate surface area is 105 Å². The molecule has 6 heteroatoms. The van der Waals surface area contributed by atoms with Crippen LogP contribution < -0.4 is 5.43 Å². The first-order chi connectivity index (χ1) is 8.51. The van der Waals surface area contributed by atoms with Crippen LogP contribution in [0.5, 0.6) is 5.75 Å². The lowest BCUT2D eigenvalue weighted by Crippen LogP contribution is -2.52. The molecule has 1 aliphatic heterocycles. The number of aromatic nitrogens is 1. The molecule has 0 radical (unpaired) electrons. The Morgan fingerprint density at radius 3 is 2.50 bits per heavy atom. The van der Waals surface area contributed by atoms with E-state index >= 15 is 0 Å². The van der Waals surface area contributed by atoms with Crippen molar-refractivity contribution in [2.45, 2.75) is 27.4 Å². The zero-order chi connectivity index (χ0) is 13.4. The van der Waals surface area contributed by atoms with Crippen molar-refractivity contribution in [2.75, 3.05) is 13.1 Å². The van der Waals surface area contributed by atoms with Crippen LogP contribution >= 0.6 is 0 Å². The Kier molecular flexibility index (Phi) is 3.13. The number of carbonyl (C=O) groups is 1. The third-order valence-corrected chi connectivity index (χ3v) is 3.19. The van der Waals surface area contributed by atoms with Crippen LogP contribution in [-0.4, -0.2) is 38.7 Å². The van der Waals surface area contributed by atoms with Gasteiger partial charge < -0.3 is 9.67 Å². The highest BCUT2D eigenvalue weighted by molar-refractivity contribution is 5.95. The Morgan fingerprint density at radius 1 is 1.28 bits per heavy atom. The molecular formula is C12H17N3O3. The number of hydrogen-bond donors (Lipinski definition) is 1. The van der Waals surface area contributed by atoms with Crippen molar-refractivity contribution in [3.05, 3.63) is 27.7 Å². The molecule has 1 N–H and O–H groups in total. The van der Waals surface area contributed by atoms with Gasteiger partial charge in [-0.05, 0) is 13.8 Å². The summed E-state index contributed by atoms with van der Waals surface area (Å²) in [6.45, 7) is 7.09. The predicted molar refractivity (Wildman–Crippen MR) is 66.2 cm³/mol. The van der Waals surface area contributed by atoms with Crippen LogP contribution in [0.4, 0.5) is 0 Å². The summed E-state index contributed by atoms with van der Waals surface area (Å²) in [6.07, 6.45) is 1.62. The molecule has 0 bridgehead atoms. The van der Waals surface area contributed by atoms with Gasteiger partial charge in [-0.2, -0.15) is 5.01 Å². The lowest BCUT2D eigenvalue weighted by atomic mass is 10.2. The topological polar surface area (TPSA) is 65.8 Å². The first-order valence-corrected chi connectivity index (χ1v) is 6.01. The van der Waals surface area contributed by atoms with Crippen molar-refractivity contribution >= 4 is 5.91 Å². The third-order valence-electron chi connectivity index (χ3n) is 3.19. The molecule has 1 aliphatic rings. The van der Waals surface area contributed by atoms with Crippen molar-refractivity contribution in [1.29, 1.82) is 0 Å². The smallest absolute Gasteiger partial charge is 0.288 e. The van der Waals surface area contributed by atoms with E-state index in [4.69, 9.17) is 0 Å². The number of amides is 1. The molecule has 2 rings (SSSR count). The molecule has 0 aliphatic carbocycles. The normalized spacial score (nSPS) is 15.9. The second kappa shape index (κ2) is 4.45. The number of fused-ring (bicyclic) bond motifs is 1. The van der Waals surface area contributed by atoms with Crippen LogP contribution in [0.15, 0.2) is 11.0 Å². The fourth-order valence-electron chi connectivity index (χ4n) is 2.24. The van der Waals surface area contributed by atoms with E-state index in [1.165, 1.54) is 0 Å². The number of aryl methyl sites for hydroxylation is 1. The predicted octanol–water partition coefficient (Wildman–Crippen LogP) is 0.532. The third kappa shape index (κ3) is 1.69. The summed E-state index contributed by atoms with van der Waals surface area (Å²) in [5.74, 6) is -0.783. The molecule has 0 aromatic carbocycles. The Balaban J connectivity index is 2.63. The standard InChI is InChI=1S/C12H17N3O3/c1-4-14-7-13-6-8(3)10(16)11(17)9(13)12(18)15(14)5-2/h6,17H,4-5,7H2,1-3H3. The summed E-state index contributed by atoms with van der Waals surface area (Å²) >= 11 is 0. The highest BCUT2D eigenvalue weighted by atomic mass is 16.3. The minimum Gasteiger partial charge on any atom is -0.503 e. The van der Waals surface area contributed by atoms with Crippen molar-refractivity contribution in [1.82, 2.24) is 14.6 Å². The van der Waals surface area contributed by atoms with Gasteiger partial charge >= 0.3 is 0 Å². The van der Waals surface area contributed by atoms with Crippen LogP contribution in [0.3, 0.4) is 0 Å². The van der Waals surface area contributed by atoms with Crippen molar-refractivity contribution < 1.29 is 9.90 Å². The first-order valence-electron chi connectivity index (χ1n) is 6.01. The highest BCUT2D eigenvalue weighted by Gasteiger charge is 2.32. The van der Waals surface area contributed by atoms with Gasteiger partial charge in [0.1, 0.15) is 0 Å². The van der Waals surface area contributed by atoms with Crippen molar-refractivity contribution in [3.63, 3.8) is 0 Å². The number of nitrogens with zero attached hydrogens (tertiary/aromatic N) is 3. The molecule has 98 valence electrons. The van der Waals surface area contributed by atoms with Gasteiger partial charge in [-0.3, -0.25) is 14.6 Å².